The van der Waals surface area contributed by atoms with E-state index in [1.165, 1.54) is 28.6 Å². The molecule has 0 radical (unpaired) electrons. The zero-order valence-corrected chi connectivity index (χ0v) is 18.0. The van der Waals surface area contributed by atoms with Crippen LogP contribution in [0.4, 0.5) is 24.5 Å². The molecule has 5 nitrogen and oxygen atoms in total. The molecular weight excluding hydrogens is 465 g/mol. The molecule has 0 saturated heterocycles. The maximum absolute atomic E-state index is 14.1. The lowest BCUT2D eigenvalue weighted by Gasteiger charge is -2.31. The molecule has 10 heteroatoms. The molecule has 0 unspecified atom stereocenters. The molecule has 166 valence electrons. The maximum atomic E-state index is 14.1. The second-order valence-electron chi connectivity index (χ2n) is 7.15. The van der Waals surface area contributed by atoms with Crippen LogP contribution in [0.5, 0.6) is 0 Å². The van der Waals surface area contributed by atoms with Crippen LogP contribution in [0.25, 0.3) is 0 Å². The Morgan fingerprint density at radius 1 is 0.969 bits per heavy atom. The van der Waals surface area contributed by atoms with Crippen molar-refractivity contribution in [3.8, 4) is 0 Å². The van der Waals surface area contributed by atoms with Crippen LogP contribution in [-0.4, -0.2) is 20.9 Å². The summed E-state index contributed by atoms with van der Waals surface area (Å²) < 4.78 is 68.5. The van der Waals surface area contributed by atoms with Crippen molar-refractivity contribution in [2.24, 2.45) is 0 Å². The molecule has 4 rings (SSSR count). The van der Waals surface area contributed by atoms with Gasteiger partial charge in [0.15, 0.2) is 0 Å². The highest BCUT2D eigenvalue weighted by atomic mass is 35.5. The van der Waals surface area contributed by atoms with Crippen LogP contribution < -0.4 is 9.62 Å². The van der Waals surface area contributed by atoms with Gasteiger partial charge >= 0.3 is 0 Å². The molecule has 0 saturated carbocycles. The zero-order valence-electron chi connectivity index (χ0n) is 16.4. The summed E-state index contributed by atoms with van der Waals surface area (Å²) >= 11 is 5.75. The predicted octanol–water partition coefficient (Wildman–Crippen LogP) is 5.15. The minimum atomic E-state index is -3.99. The van der Waals surface area contributed by atoms with Crippen molar-refractivity contribution in [1.82, 2.24) is 0 Å². The van der Waals surface area contributed by atoms with E-state index in [0.29, 0.717) is 18.5 Å². The van der Waals surface area contributed by atoms with Crippen molar-refractivity contribution in [3.63, 3.8) is 0 Å². The highest BCUT2D eigenvalue weighted by molar-refractivity contribution is 7.92. The van der Waals surface area contributed by atoms with Gasteiger partial charge in [-0.05, 0) is 66.9 Å². The molecule has 32 heavy (non-hydrogen) atoms. The lowest BCUT2D eigenvalue weighted by atomic mass is 10.0. The van der Waals surface area contributed by atoms with Gasteiger partial charge in [0.1, 0.15) is 17.5 Å². The van der Waals surface area contributed by atoms with Crippen molar-refractivity contribution in [3.05, 3.63) is 88.2 Å². The van der Waals surface area contributed by atoms with Gasteiger partial charge in [-0.25, -0.2) is 21.6 Å². The van der Waals surface area contributed by atoms with Gasteiger partial charge in [-0.1, -0.05) is 17.7 Å². The van der Waals surface area contributed by atoms with E-state index >= 15 is 0 Å². The highest BCUT2D eigenvalue weighted by Gasteiger charge is 2.30. The van der Waals surface area contributed by atoms with E-state index in [-0.39, 0.29) is 17.1 Å². The van der Waals surface area contributed by atoms with E-state index in [0.717, 1.165) is 29.8 Å². The molecule has 0 bridgehead atoms. The van der Waals surface area contributed by atoms with Crippen LogP contribution in [0.2, 0.25) is 5.02 Å². The van der Waals surface area contributed by atoms with Gasteiger partial charge in [0, 0.05) is 12.2 Å². The second kappa shape index (κ2) is 8.48. The summed E-state index contributed by atoms with van der Waals surface area (Å²) in [6.07, 6.45) is 1.19. The van der Waals surface area contributed by atoms with Crippen LogP contribution in [-0.2, 0) is 16.4 Å². The standard InChI is InChI=1S/C22H16ClF3N2O3S/c23-21-18(26)10-9-17(25)20(21)22(29)27-15-6-3-13-2-1-11-28(19(13)12-15)32(30,31)16-7-4-14(24)5-8-16/h3-10,12H,1-2,11H2,(H,27,29). The molecule has 1 aliphatic heterocycles. The first kappa shape index (κ1) is 22.2. The average Bonchev–Trinajstić information content (AvgIpc) is 2.76. The lowest BCUT2D eigenvalue weighted by molar-refractivity contribution is 0.102. The summed E-state index contributed by atoms with van der Waals surface area (Å²) in [5.74, 6) is -3.47. The Kier molecular flexibility index (Phi) is 5.87. The van der Waals surface area contributed by atoms with Crippen molar-refractivity contribution >= 4 is 38.9 Å². The third-order valence-electron chi connectivity index (χ3n) is 5.09. The number of aryl methyl sites for hydroxylation is 1. The third-order valence-corrected chi connectivity index (χ3v) is 7.29. The van der Waals surface area contributed by atoms with Crippen molar-refractivity contribution in [2.75, 3.05) is 16.2 Å². The second-order valence-corrected chi connectivity index (χ2v) is 9.39. The van der Waals surface area contributed by atoms with Gasteiger partial charge < -0.3 is 5.32 Å². The first-order valence-corrected chi connectivity index (χ1v) is 11.4. The number of fused-ring (bicyclic) bond motifs is 1. The van der Waals surface area contributed by atoms with Crippen LogP contribution >= 0.6 is 11.6 Å². The lowest BCUT2D eigenvalue weighted by Crippen LogP contribution is -2.35. The van der Waals surface area contributed by atoms with Crippen molar-refractivity contribution in [1.29, 1.82) is 0 Å². The molecule has 0 aliphatic carbocycles. The number of amides is 1. The fraction of sp³-hybridized carbons (Fsp3) is 0.136. The SMILES string of the molecule is O=C(Nc1ccc2c(c1)N(S(=O)(=O)c1ccc(F)cc1)CCC2)c1c(F)ccc(F)c1Cl. The van der Waals surface area contributed by atoms with Crippen LogP contribution in [0, 0.1) is 17.5 Å². The molecule has 3 aromatic carbocycles. The van der Waals surface area contributed by atoms with Gasteiger partial charge in [-0.15, -0.1) is 0 Å². The number of rotatable bonds is 4. The quantitative estimate of drug-likeness (QED) is 0.525. The third kappa shape index (κ3) is 4.05. The largest absolute Gasteiger partial charge is 0.322 e. The van der Waals surface area contributed by atoms with Crippen molar-refractivity contribution in [2.45, 2.75) is 17.7 Å². The Hall–Kier alpha value is -3.04. The number of nitrogens with one attached hydrogen (secondary N) is 1. The smallest absolute Gasteiger partial charge is 0.264 e. The number of carbonyl (C=O) groups excluding carboxylic acids is 1. The fourth-order valence-corrected chi connectivity index (χ4v) is 5.30. The summed E-state index contributed by atoms with van der Waals surface area (Å²) in [5, 5.41) is 1.78. The highest BCUT2D eigenvalue weighted by Crippen LogP contribution is 2.34. The summed E-state index contributed by atoms with van der Waals surface area (Å²) in [5.41, 5.74) is 0.592. The summed E-state index contributed by atoms with van der Waals surface area (Å²) in [4.78, 5) is 12.5. The summed E-state index contributed by atoms with van der Waals surface area (Å²) in [7, 11) is -3.99. The Balaban J connectivity index is 1.69. The molecule has 1 amide bonds. The monoisotopic (exact) mass is 480 g/mol. The minimum Gasteiger partial charge on any atom is -0.322 e. The van der Waals surface area contributed by atoms with Crippen LogP contribution in [0.3, 0.4) is 0 Å². The predicted molar refractivity (Wildman–Crippen MR) is 115 cm³/mol. The van der Waals surface area contributed by atoms with E-state index in [1.807, 2.05) is 0 Å². The molecule has 0 aromatic heterocycles. The Morgan fingerprint density at radius 3 is 2.38 bits per heavy atom. The normalized spacial score (nSPS) is 13.6. The molecule has 0 atom stereocenters. The van der Waals surface area contributed by atoms with Gasteiger partial charge in [0.2, 0.25) is 0 Å². The average molecular weight is 481 g/mol. The van der Waals surface area contributed by atoms with Gasteiger partial charge in [-0.2, -0.15) is 0 Å². The number of nitrogens with zero attached hydrogens (tertiary/aromatic N) is 1. The summed E-state index contributed by atoms with van der Waals surface area (Å²) in [6.45, 7) is 0.189. The molecular formula is C22H16ClF3N2O3S. The number of hydrogen-bond donors (Lipinski definition) is 1. The maximum Gasteiger partial charge on any atom is 0.264 e. The molecule has 0 spiro atoms. The molecule has 1 N–H and O–H groups in total. The van der Waals surface area contributed by atoms with Crippen LogP contribution in [0.15, 0.2) is 59.5 Å². The van der Waals surface area contributed by atoms with E-state index in [4.69, 9.17) is 11.6 Å². The first-order chi connectivity index (χ1) is 15.2. The number of hydrogen-bond acceptors (Lipinski definition) is 3. The minimum absolute atomic E-state index is 0.0743. The Morgan fingerprint density at radius 2 is 1.66 bits per heavy atom. The number of anilines is 2. The molecule has 0 fully saturated rings. The number of carbonyl (C=O) groups is 1. The van der Waals surface area contributed by atoms with E-state index < -0.39 is 44.0 Å². The Labute approximate surface area is 187 Å². The topological polar surface area (TPSA) is 66.5 Å². The van der Waals surface area contributed by atoms with Crippen LogP contribution in [0.1, 0.15) is 22.3 Å². The molecule has 1 heterocycles. The van der Waals surface area contributed by atoms with E-state index in [9.17, 15) is 26.4 Å². The van der Waals surface area contributed by atoms with Gasteiger partial charge in [0.25, 0.3) is 15.9 Å². The number of halogens is 4. The van der Waals surface area contributed by atoms with E-state index in [2.05, 4.69) is 5.32 Å². The fourth-order valence-electron chi connectivity index (χ4n) is 3.53. The number of sulfonamides is 1. The summed E-state index contributed by atoms with van der Waals surface area (Å²) in [6, 6.07) is 10.7. The van der Waals surface area contributed by atoms with Gasteiger partial charge in [-0.3, -0.25) is 9.10 Å². The van der Waals surface area contributed by atoms with Gasteiger partial charge in [0.05, 0.1) is 21.2 Å². The molecule has 1 aliphatic rings. The number of benzene rings is 3. The van der Waals surface area contributed by atoms with E-state index in [1.54, 1.807) is 6.07 Å². The first-order valence-electron chi connectivity index (χ1n) is 9.54. The molecule has 3 aromatic rings. The Bertz CT molecular complexity index is 1310. The van der Waals surface area contributed by atoms with Crippen molar-refractivity contribution < 1.29 is 26.4 Å². The zero-order chi connectivity index (χ0) is 23.0.